The predicted molar refractivity (Wildman–Crippen MR) is 114 cm³/mol. The lowest BCUT2D eigenvalue weighted by atomic mass is 10.3. The lowest BCUT2D eigenvalue weighted by molar-refractivity contribution is -0.132. The standard InChI is InChI=1S/C20H25N3O5S2/c1-2-28-17-3-5-18(6-4-17)30(26,27)23-12-10-22(11-13-23)19(24)7-9-21-20(25)16-8-14-29-15-16/h3-6,8,14-15H,2,7,9-13H2,1H3,(H,21,25). The second-order valence-electron chi connectivity index (χ2n) is 6.71. The predicted octanol–water partition coefficient (Wildman–Crippen LogP) is 1.80. The minimum absolute atomic E-state index is 0.0984. The summed E-state index contributed by atoms with van der Waals surface area (Å²) in [7, 11) is -3.61. The first-order valence-electron chi connectivity index (χ1n) is 9.73. The number of benzene rings is 1. The van der Waals surface area contributed by atoms with Gasteiger partial charge in [-0.15, -0.1) is 0 Å². The van der Waals surface area contributed by atoms with Gasteiger partial charge in [0.15, 0.2) is 0 Å². The summed E-state index contributed by atoms with van der Waals surface area (Å²) >= 11 is 1.44. The fraction of sp³-hybridized carbons (Fsp3) is 0.400. The van der Waals surface area contributed by atoms with Crippen molar-refractivity contribution in [3.05, 3.63) is 46.7 Å². The summed E-state index contributed by atoms with van der Waals surface area (Å²) in [6, 6.07) is 8.08. The van der Waals surface area contributed by atoms with Gasteiger partial charge in [0.2, 0.25) is 15.9 Å². The lowest BCUT2D eigenvalue weighted by Gasteiger charge is -2.34. The van der Waals surface area contributed by atoms with E-state index in [9.17, 15) is 18.0 Å². The molecule has 0 radical (unpaired) electrons. The molecule has 30 heavy (non-hydrogen) atoms. The molecule has 0 bridgehead atoms. The maximum atomic E-state index is 12.8. The highest BCUT2D eigenvalue weighted by molar-refractivity contribution is 7.89. The summed E-state index contributed by atoms with van der Waals surface area (Å²) in [5.74, 6) is 0.326. The lowest BCUT2D eigenvalue weighted by Crippen LogP contribution is -2.50. The average Bonchev–Trinajstić information content (AvgIpc) is 3.29. The highest BCUT2D eigenvalue weighted by Gasteiger charge is 2.30. The van der Waals surface area contributed by atoms with Crippen molar-refractivity contribution >= 4 is 33.2 Å². The normalized spacial score (nSPS) is 15.0. The molecule has 1 N–H and O–H groups in total. The van der Waals surface area contributed by atoms with Gasteiger partial charge in [-0.05, 0) is 42.6 Å². The molecule has 1 fully saturated rings. The van der Waals surface area contributed by atoms with Crippen molar-refractivity contribution in [2.75, 3.05) is 39.3 Å². The molecule has 1 aliphatic rings. The Kier molecular flexibility index (Phi) is 7.46. The summed E-state index contributed by atoms with van der Waals surface area (Å²) in [5.41, 5.74) is 0.584. The van der Waals surface area contributed by atoms with Crippen molar-refractivity contribution < 1.29 is 22.7 Å². The van der Waals surface area contributed by atoms with Gasteiger partial charge in [-0.1, -0.05) is 0 Å². The maximum Gasteiger partial charge on any atom is 0.252 e. The van der Waals surface area contributed by atoms with Crippen LogP contribution in [0.2, 0.25) is 0 Å². The maximum absolute atomic E-state index is 12.8. The van der Waals surface area contributed by atoms with E-state index in [1.165, 1.54) is 27.8 Å². The number of rotatable bonds is 8. The van der Waals surface area contributed by atoms with Crippen LogP contribution < -0.4 is 10.1 Å². The molecule has 0 saturated carbocycles. The van der Waals surface area contributed by atoms with Gasteiger partial charge in [0.25, 0.3) is 5.91 Å². The van der Waals surface area contributed by atoms with Crippen LogP contribution in [0.1, 0.15) is 23.7 Å². The molecule has 10 heteroatoms. The molecule has 162 valence electrons. The van der Waals surface area contributed by atoms with E-state index in [1.807, 2.05) is 12.3 Å². The van der Waals surface area contributed by atoms with Crippen molar-refractivity contribution in [3.8, 4) is 5.75 Å². The Morgan fingerprint density at radius 2 is 1.80 bits per heavy atom. The number of sulfonamides is 1. The van der Waals surface area contributed by atoms with Gasteiger partial charge >= 0.3 is 0 Å². The van der Waals surface area contributed by atoms with Gasteiger partial charge in [-0.2, -0.15) is 15.6 Å². The van der Waals surface area contributed by atoms with Crippen LogP contribution in [-0.2, 0) is 14.8 Å². The number of hydrogen-bond acceptors (Lipinski definition) is 6. The Morgan fingerprint density at radius 1 is 1.10 bits per heavy atom. The molecule has 3 rings (SSSR count). The molecule has 0 spiro atoms. The van der Waals surface area contributed by atoms with E-state index in [4.69, 9.17) is 4.74 Å². The average molecular weight is 452 g/mol. The minimum Gasteiger partial charge on any atom is -0.494 e. The third kappa shape index (κ3) is 5.38. The van der Waals surface area contributed by atoms with Crippen molar-refractivity contribution in [2.24, 2.45) is 0 Å². The smallest absolute Gasteiger partial charge is 0.252 e. The number of nitrogens with one attached hydrogen (secondary N) is 1. The van der Waals surface area contributed by atoms with Crippen LogP contribution in [0.25, 0.3) is 0 Å². The summed E-state index contributed by atoms with van der Waals surface area (Å²) < 4.78 is 32.4. The van der Waals surface area contributed by atoms with Crippen molar-refractivity contribution in [1.82, 2.24) is 14.5 Å². The largest absolute Gasteiger partial charge is 0.494 e. The molecule has 1 saturated heterocycles. The molecule has 1 aromatic heterocycles. The summed E-state index contributed by atoms with van der Waals surface area (Å²) in [6.07, 6.45) is 0.182. The van der Waals surface area contributed by atoms with Crippen LogP contribution in [0.4, 0.5) is 0 Å². The van der Waals surface area contributed by atoms with Crippen LogP contribution >= 0.6 is 11.3 Å². The fourth-order valence-corrected chi connectivity index (χ4v) is 5.20. The van der Waals surface area contributed by atoms with E-state index in [0.717, 1.165) is 0 Å². The van der Waals surface area contributed by atoms with Crippen LogP contribution in [0.15, 0.2) is 46.0 Å². The Bertz CT molecular complexity index is 951. The Labute approximate surface area is 180 Å². The first-order chi connectivity index (χ1) is 14.4. The molecule has 1 aliphatic heterocycles. The fourth-order valence-electron chi connectivity index (χ4n) is 3.14. The third-order valence-electron chi connectivity index (χ3n) is 4.77. The van der Waals surface area contributed by atoms with E-state index in [-0.39, 0.29) is 42.8 Å². The monoisotopic (exact) mass is 451 g/mol. The molecule has 0 unspecified atom stereocenters. The Hall–Kier alpha value is -2.43. The second kappa shape index (κ2) is 10.1. The van der Waals surface area contributed by atoms with Gasteiger partial charge in [0, 0.05) is 50.1 Å². The minimum atomic E-state index is -3.61. The topological polar surface area (TPSA) is 96.0 Å². The number of carbonyl (C=O) groups is 2. The van der Waals surface area contributed by atoms with Crippen LogP contribution in [-0.4, -0.2) is 68.8 Å². The molecule has 8 nitrogen and oxygen atoms in total. The summed E-state index contributed by atoms with van der Waals surface area (Å²) in [5, 5.41) is 6.30. The molecule has 2 aromatic rings. The zero-order valence-corrected chi connectivity index (χ0v) is 18.4. The Balaban J connectivity index is 1.47. The third-order valence-corrected chi connectivity index (χ3v) is 7.37. The number of amides is 2. The number of thiophene rings is 1. The highest BCUT2D eigenvalue weighted by atomic mass is 32.2. The zero-order valence-electron chi connectivity index (χ0n) is 16.7. The number of nitrogens with zero attached hydrogens (tertiary/aromatic N) is 2. The quantitative estimate of drug-likeness (QED) is 0.660. The molecular formula is C20H25N3O5S2. The second-order valence-corrected chi connectivity index (χ2v) is 9.43. The van der Waals surface area contributed by atoms with Crippen molar-refractivity contribution in [1.29, 1.82) is 0 Å². The number of hydrogen-bond donors (Lipinski definition) is 1. The molecule has 2 amide bonds. The zero-order chi connectivity index (χ0) is 21.6. The van der Waals surface area contributed by atoms with E-state index in [1.54, 1.807) is 28.5 Å². The Morgan fingerprint density at radius 3 is 2.40 bits per heavy atom. The van der Waals surface area contributed by atoms with E-state index < -0.39 is 10.0 Å². The van der Waals surface area contributed by atoms with E-state index >= 15 is 0 Å². The van der Waals surface area contributed by atoms with Gasteiger partial charge in [0.05, 0.1) is 11.5 Å². The number of ether oxygens (including phenoxy) is 1. The molecular weight excluding hydrogens is 426 g/mol. The molecule has 0 atom stereocenters. The van der Waals surface area contributed by atoms with Gasteiger partial charge in [-0.3, -0.25) is 9.59 Å². The SMILES string of the molecule is CCOc1ccc(S(=O)(=O)N2CCN(C(=O)CCNC(=O)c3ccsc3)CC2)cc1. The van der Waals surface area contributed by atoms with E-state index in [2.05, 4.69) is 5.32 Å². The molecule has 0 aliphatic carbocycles. The first kappa shape index (κ1) is 22.3. The summed E-state index contributed by atoms with van der Waals surface area (Å²) in [4.78, 5) is 26.1. The number of piperazine rings is 1. The van der Waals surface area contributed by atoms with Gasteiger partial charge < -0.3 is 15.0 Å². The van der Waals surface area contributed by atoms with Crippen LogP contribution in [0, 0.1) is 0 Å². The van der Waals surface area contributed by atoms with Gasteiger partial charge in [-0.25, -0.2) is 8.42 Å². The van der Waals surface area contributed by atoms with Gasteiger partial charge in [0.1, 0.15) is 5.75 Å². The number of carbonyl (C=O) groups excluding carboxylic acids is 2. The first-order valence-corrected chi connectivity index (χ1v) is 12.1. The van der Waals surface area contributed by atoms with Crippen molar-refractivity contribution in [2.45, 2.75) is 18.2 Å². The highest BCUT2D eigenvalue weighted by Crippen LogP contribution is 2.21. The van der Waals surface area contributed by atoms with Crippen molar-refractivity contribution in [3.63, 3.8) is 0 Å². The molecule has 2 heterocycles. The summed E-state index contributed by atoms with van der Waals surface area (Å²) in [6.45, 7) is 3.76. The van der Waals surface area contributed by atoms with E-state index in [0.29, 0.717) is 31.0 Å². The van der Waals surface area contributed by atoms with Crippen LogP contribution in [0.5, 0.6) is 5.75 Å². The van der Waals surface area contributed by atoms with Crippen LogP contribution in [0.3, 0.4) is 0 Å². The molecule has 1 aromatic carbocycles.